The third kappa shape index (κ3) is 5.28. The Hall–Kier alpha value is -3.95. The van der Waals surface area contributed by atoms with Crippen LogP contribution >= 0.6 is 0 Å². The van der Waals surface area contributed by atoms with Crippen molar-refractivity contribution in [3.63, 3.8) is 0 Å². The van der Waals surface area contributed by atoms with Crippen molar-refractivity contribution < 1.29 is 33.3 Å². The predicted molar refractivity (Wildman–Crippen MR) is 117 cm³/mol. The molecule has 174 valence electrons. The molecule has 1 fully saturated rings. The molecule has 10 nitrogen and oxygen atoms in total. The number of nitrogens with one attached hydrogen (secondary N) is 2. The van der Waals surface area contributed by atoms with E-state index in [1.54, 1.807) is 42.5 Å². The fraction of sp³-hybridized carbons (Fsp3) is 0.348. The minimum Gasteiger partial charge on any atom is -0.490 e. The van der Waals surface area contributed by atoms with E-state index < -0.39 is 17.7 Å². The number of fused-ring (bicyclic) bond motifs is 1. The van der Waals surface area contributed by atoms with Gasteiger partial charge >= 0.3 is 0 Å². The van der Waals surface area contributed by atoms with E-state index >= 15 is 0 Å². The van der Waals surface area contributed by atoms with Gasteiger partial charge in [0.2, 0.25) is 11.8 Å². The number of anilines is 1. The second kappa shape index (κ2) is 10.1. The van der Waals surface area contributed by atoms with Crippen molar-refractivity contribution in [1.29, 1.82) is 0 Å². The number of hydrazine groups is 1. The number of carbonyl (C=O) groups is 3. The van der Waals surface area contributed by atoms with E-state index in [1.165, 1.54) is 4.90 Å². The van der Waals surface area contributed by atoms with Crippen molar-refractivity contribution in [3.05, 3.63) is 42.5 Å². The highest BCUT2D eigenvalue weighted by atomic mass is 16.6. The van der Waals surface area contributed by atoms with Gasteiger partial charge in [0.05, 0.1) is 12.5 Å². The number of hydrogen-bond donors (Lipinski definition) is 2. The summed E-state index contributed by atoms with van der Waals surface area (Å²) in [7, 11) is 0. The Morgan fingerprint density at radius 2 is 1.76 bits per heavy atom. The molecule has 0 radical (unpaired) electrons. The van der Waals surface area contributed by atoms with E-state index in [1.807, 2.05) is 6.92 Å². The molecule has 10 heteroatoms. The second-order valence-electron chi connectivity index (χ2n) is 7.44. The molecule has 2 aliphatic heterocycles. The van der Waals surface area contributed by atoms with Gasteiger partial charge in [0, 0.05) is 24.7 Å². The van der Waals surface area contributed by atoms with Crippen LogP contribution in [0.3, 0.4) is 0 Å². The number of ether oxygens (including phenoxy) is 4. The Morgan fingerprint density at radius 1 is 1.03 bits per heavy atom. The molecular weight excluding hydrogens is 430 g/mol. The van der Waals surface area contributed by atoms with Gasteiger partial charge < -0.3 is 23.8 Å². The zero-order chi connectivity index (χ0) is 23.2. The van der Waals surface area contributed by atoms with Crippen molar-refractivity contribution in [2.75, 3.05) is 37.9 Å². The standard InChI is InChI=1S/C23H25N3O7/c1-2-30-17-5-3-4-6-18(17)33-14-21(27)24-25-23(29)15-11-22(28)26(13-15)16-7-8-19-20(12-16)32-10-9-31-19/h3-8,12,15H,2,9-11,13-14H2,1H3,(H,24,27)(H,25,29). The number of amides is 3. The van der Waals surface area contributed by atoms with Crippen LogP contribution in [0.5, 0.6) is 23.0 Å². The quantitative estimate of drug-likeness (QED) is 0.607. The molecule has 0 spiro atoms. The normalized spacial score (nSPS) is 16.8. The van der Waals surface area contributed by atoms with Crippen molar-refractivity contribution in [2.45, 2.75) is 13.3 Å². The van der Waals surface area contributed by atoms with Crippen LogP contribution in [-0.4, -0.2) is 50.7 Å². The molecule has 0 aromatic heterocycles. The first-order valence-corrected chi connectivity index (χ1v) is 10.7. The van der Waals surface area contributed by atoms with Crippen LogP contribution < -0.4 is 34.7 Å². The van der Waals surface area contributed by atoms with Crippen LogP contribution in [0.15, 0.2) is 42.5 Å². The fourth-order valence-corrected chi connectivity index (χ4v) is 3.59. The second-order valence-corrected chi connectivity index (χ2v) is 7.44. The lowest BCUT2D eigenvalue weighted by molar-refractivity contribution is -0.132. The summed E-state index contributed by atoms with van der Waals surface area (Å²) in [5, 5.41) is 0. The van der Waals surface area contributed by atoms with Gasteiger partial charge in [-0.2, -0.15) is 0 Å². The minimum atomic E-state index is -0.606. The summed E-state index contributed by atoms with van der Waals surface area (Å²) in [6.45, 7) is 3.12. The fourth-order valence-electron chi connectivity index (χ4n) is 3.59. The Kier molecular flexibility index (Phi) is 6.82. The van der Waals surface area contributed by atoms with Crippen LogP contribution in [-0.2, 0) is 14.4 Å². The lowest BCUT2D eigenvalue weighted by Gasteiger charge is -2.22. The van der Waals surface area contributed by atoms with Gasteiger partial charge in [0.15, 0.2) is 29.6 Å². The van der Waals surface area contributed by atoms with Crippen LogP contribution in [0.4, 0.5) is 5.69 Å². The zero-order valence-electron chi connectivity index (χ0n) is 18.2. The van der Waals surface area contributed by atoms with Gasteiger partial charge in [0.1, 0.15) is 13.2 Å². The Morgan fingerprint density at radius 3 is 2.52 bits per heavy atom. The maximum Gasteiger partial charge on any atom is 0.276 e. The number of para-hydroxylation sites is 2. The van der Waals surface area contributed by atoms with Gasteiger partial charge in [-0.25, -0.2) is 0 Å². The Labute approximate surface area is 190 Å². The molecular formula is C23H25N3O7. The van der Waals surface area contributed by atoms with E-state index in [0.29, 0.717) is 48.5 Å². The Bertz CT molecular complexity index is 1040. The maximum absolute atomic E-state index is 12.5. The molecule has 3 amide bonds. The van der Waals surface area contributed by atoms with Gasteiger partial charge in [-0.3, -0.25) is 25.2 Å². The predicted octanol–water partition coefficient (Wildman–Crippen LogP) is 1.44. The monoisotopic (exact) mass is 455 g/mol. The summed E-state index contributed by atoms with van der Waals surface area (Å²) in [5.41, 5.74) is 5.32. The smallest absolute Gasteiger partial charge is 0.276 e. The number of rotatable bonds is 7. The lowest BCUT2D eigenvalue weighted by Crippen LogP contribution is -2.46. The van der Waals surface area contributed by atoms with Gasteiger partial charge in [-0.1, -0.05) is 12.1 Å². The highest BCUT2D eigenvalue weighted by Crippen LogP contribution is 2.36. The molecule has 4 rings (SSSR count). The molecule has 33 heavy (non-hydrogen) atoms. The van der Waals surface area contributed by atoms with E-state index in [0.717, 1.165) is 0 Å². The van der Waals surface area contributed by atoms with Crippen LogP contribution in [0.25, 0.3) is 0 Å². The maximum atomic E-state index is 12.5. The average Bonchev–Trinajstić information content (AvgIpc) is 3.23. The summed E-state index contributed by atoms with van der Waals surface area (Å²) in [6, 6.07) is 12.2. The molecule has 2 aliphatic rings. The minimum absolute atomic E-state index is 0.0361. The van der Waals surface area contributed by atoms with Gasteiger partial charge in [0.25, 0.3) is 5.91 Å². The third-order valence-corrected chi connectivity index (χ3v) is 5.17. The van der Waals surface area contributed by atoms with Crippen LogP contribution in [0.2, 0.25) is 0 Å². The van der Waals surface area contributed by atoms with Crippen molar-refractivity contribution in [3.8, 4) is 23.0 Å². The topological polar surface area (TPSA) is 115 Å². The summed E-state index contributed by atoms with van der Waals surface area (Å²) < 4.78 is 22.0. The van der Waals surface area contributed by atoms with E-state index in [9.17, 15) is 14.4 Å². The summed E-state index contributed by atoms with van der Waals surface area (Å²) >= 11 is 0. The molecule has 2 aromatic rings. The lowest BCUT2D eigenvalue weighted by atomic mass is 10.1. The summed E-state index contributed by atoms with van der Waals surface area (Å²) in [6.07, 6.45) is 0.0361. The number of nitrogens with zero attached hydrogens (tertiary/aromatic N) is 1. The van der Waals surface area contributed by atoms with Crippen LogP contribution in [0.1, 0.15) is 13.3 Å². The molecule has 0 saturated carbocycles. The van der Waals surface area contributed by atoms with Crippen molar-refractivity contribution >= 4 is 23.4 Å². The first-order valence-electron chi connectivity index (χ1n) is 10.7. The molecule has 2 heterocycles. The summed E-state index contributed by atoms with van der Waals surface area (Å²) in [4.78, 5) is 38.6. The zero-order valence-corrected chi connectivity index (χ0v) is 18.2. The first-order chi connectivity index (χ1) is 16.0. The highest BCUT2D eigenvalue weighted by Gasteiger charge is 2.35. The third-order valence-electron chi connectivity index (χ3n) is 5.17. The molecule has 2 N–H and O–H groups in total. The molecule has 1 atom stereocenters. The largest absolute Gasteiger partial charge is 0.490 e. The molecule has 0 aliphatic carbocycles. The van der Waals surface area contributed by atoms with Gasteiger partial charge in [-0.15, -0.1) is 0 Å². The van der Waals surface area contributed by atoms with E-state index in [2.05, 4.69) is 10.9 Å². The SMILES string of the molecule is CCOc1ccccc1OCC(=O)NNC(=O)C1CC(=O)N(c2ccc3c(c2)OCCO3)C1. The number of carbonyl (C=O) groups excluding carboxylic acids is 3. The number of hydrogen-bond acceptors (Lipinski definition) is 7. The van der Waals surface area contributed by atoms with Gasteiger partial charge in [-0.05, 0) is 31.2 Å². The molecule has 2 aromatic carbocycles. The summed E-state index contributed by atoms with van der Waals surface area (Å²) in [5.74, 6) is 0.365. The van der Waals surface area contributed by atoms with E-state index in [-0.39, 0.29) is 25.5 Å². The highest BCUT2D eigenvalue weighted by molar-refractivity contribution is 6.00. The molecule has 1 unspecified atom stereocenters. The molecule has 0 bridgehead atoms. The van der Waals surface area contributed by atoms with Crippen LogP contribution in [0, 0.1) is 5.92 Å². The average molecular weight is 455 g/mol. The number of benzene rings is 2. The molecule has 1 saturated heterocycles. The van der Waals surface area contributed by atoms with Crippen molar-refractivity contribution in [1.82, 2.24) is 10.9 Å². The van der Waals surface area contributed by atoms with E-state index in [4.69, 9.17) is 18.9 Å². The first kappa shape index (κ1) is 22.3. The Balaban J connectivity index is 1.27. The van der Waals surface area contributed by atoms with Crippen molar-refractivity contribution in [2.24, 2.45) is 5.92 Å².